The van der Waals surface area contributed by atoms with Crippen molar-refractivity contribution in [1.29, 1.82) is 0 Å². The summed E-state index contributed by atoms with van der Waals surface area (Å²) in [5.74, 6) is 2.39. The summed E-state index contributed by atoms with van der Waals surface area (Å²) < 4.78 is 7.38. The molecule has 2 aromatic heterocycles. The van der Waals surface area contributed by atoms with E-state index in [1.54, 1.807) is 12.3 Å². The standard InChI is InChI=1S/C32H30N6O3/c1-20(39)41-26-12-13-27-28(18-26)38(30(35-27)24-11-8-21-5-2-3-6-23(21)17-24)29-14-15-33-32(36-29)34-25-7-4-16-37(19-25)31(40)22-9-10-22/h2-3,5-6,8,11-15,17-18,22,25H,4,7,9-10,16,19H2,1H3,(H,33,34,36)/t25-/m0/s1. The highest BCUT2D eigenvalue weighted by Crippen LogP contribution is 2.33. The second kappa shape index (κ2) is 10.3. The Morgan fingerprint density at radius 3 is 2.63 bits per heavy atom. The van der Waals surface area contributed by atoms with Crippen LogP contribution in [-0.4, -0.2) is 55.4 Å². The monoisotopic (exact) mass is 546 g/mol. The number of aromatic nitrogens is 4. The number of benzene rings is 3. The Bertz CT molecular complexity index is 1790. The molecular weight excluding hydrogens is 516 g/mol. The third kappa shape index (κ3) is 5.11. The summed E-state index contributed by atoms with van der Waals surface area (Å²) in [6.07, 6.45) is 5.65. The predicted molar refractivity (Wildman–Crippen MR) is 157 cm³/mol. The maximum atomic E-state index is 12.7. The number of carbonyl (C=O) groups excluding carboxylic acids is 2. The first-order chi connectivity index (χ1) is 20.0. The average molecular weight is 547 g/mol. The number of carbonyl (C=O) groups is 2. The Morgan fingerprint density at radius 1 is 0.951 bits per heavy atom. The molecule has 1 amide bonds. The van der Waals surface area contributed by atoms with Crippen LogP contribution in [0, 0.1) is 5.92 Å². The van der Waals surface area contributed by atoms with Crippen LogP contribution in [-0.2, 0) is 9.59 Å². The molecule has 41 heavy (non-hydrogen) atoms. The maximum Gasteiger partial charge on any atom is 0.308 e. The number of ether oxygens (including phenoxy) is 1. The largest absolute Gasteiger partial charge is 0.427 e. The van der Waals surface area contributed by atoms with E-state index in [0.29, 0.717) is 29.9 Å². The summed E-state index contributed by atoms with van der Waals surface area (Å²) in [6.45, 7) is 2.86. The third-order valence-electron chi connectivity index (χ3n) is 7.76. The Hall–Kier alpha value is -4.79. The van der Waals surface area contributed by atoms with Crippen molar-refractivity contribution in [3.8, 4) is 23.0 Å². The number of amides is 1. The van der Waals surface area contributed by atoms with E-state index >= 15 is 0 Å². The van der Waals surface area contributed by atoms with E-state index in [9.17, 15) is 9.59 Å². The van der Waals surface area contributed by atoms with Gasteiger partial charge in [0.05, 0.1) is 11.0 Å². The van der Waals surface area contributed by atoms with Crippen molar-refractivity contribution in [1.82, 2.24) is 24.4 Å². The lowest BCUT2D eigenvalue weighted by atomic mass is 10.1. The van der Waals surface area contributed by atoms with Gasteiger partial charge in [0.15, 0.2) is 0 Å². The summed E-state index contributed by atoms with van der Waals surface area (Å²) >= 11 is 0. The minimum absolute atomic E-state index is 0.0803. The lowest BCUT2D eigenvalue weighted by Crippen LogP contribution is -2.45. The number of piperidine rings is 1. The van der Waals surface area contributed by atoms with Gasteiger partial charge in [-0.1, -0.05) is 36.4 Å². The molecule has 0 bridgehead atoms. The SMILES string of the molecule is CC(=O)Oc1ccc2nc(-c3ccc4ccccc4c3)n(-c3ccnc(N[C@H]4CCCN(C(=O)C5CC5)C4)n3)c2c1. The van der Waals surface area contributed by atoms with Crippen LogP contribution in [0.4, 0.5) is 5.95 Å². The van der Waals surface area contributed by atoms with Crippen molar-refractivity contribution in [2.75, 3.05) is 18.4 Å². The highest BCUT2D eigenvalue weighted by atomic mass is 16.5. The Labute approximate surface area is 237 Å². The van der Waals surface area contributed by atoms with Crippen molar-refractivity contribution >= 4 is 39.6 Å². The van der Waals surface area contributed by atoms with Crippen LogP contribution >= 0.6 is 0 Å². The molecule has 9 heteroatoms. The number of anilines is 1. The number of esters is 1. The molecule has 0 spiro atoms. The second-order valence-electron chi connectivity index (χ2n) is 10.9. The van der Waals surface area contributed by atoms with Crippen molar-refractivity contribution in [3.05, 3.63) is 72.9 Å². The van der Waals surface area contributed by atoms with Gasteiger partial charge in [0.2, 0.25) is 11.9 Å². The molecule has 1 aliphatic heterocycles. The van der Waals surface area contributed by atoms with Crippen molar-refractivity contribution < 1.29 is 14.3 Å². The predicted octanol–water partition coefficient (Wildman–Crippen LogP) is 5.37. The van der Waals surface area contributed by atoms with E-state index in [0.717, 1.165) is 59.6 Å². The van der Waals surface area contributed by atoms with Crippen LogP contribution in [0.1, 0.15) is 32.6 Å². The molecule has 1 saturated heterocycles. The summed E-state index contributed by atoms with van der Waals surface area (Å²) in [6, 6.07) is 21.8. The van der Waals surface area contributed by atoms with Gasteiger partial charge in [-0.05, 0) is 60.7 Å². The molecule has 5 aromatic rings. The molecule has 3 aromatic carbocycles. The van der Waals surface area contributed by atoms with Crippen LogP contribution in [0.2, 0.25) is 0 Å². The van der Waals surface area contributed by atoms with Crippen molar-refractivity contribution in [2.24, 2.45) is 5.92 Å². The van der Waals surface area contributed by atoms with Gasteiger partial charge in [0.1, 0.15) is 17.4 Å². The fraction of sp³-hybridized carbons (Fsp3) is 0.281. The molecule has 0 radical (unpaired) electrons. The van der Waals surface area contributed by atoms with Crippen LogP contribution in [0.15, 0.2) is 72.9 Å². The molecule has 0 unspecified atom stereocenters. The average Bonchev–Trinajstić information content (AvgIpc) is 3.77. The van der Waals surface area contributed by atoms with Gasteiger partial charge in [-0.15, -0.1) is 0 Å². The van der Waals surface area contributed by atoms with E-state index < -0.39 is 0 Å². The number of hydrogen-bond acceptors (Lipinski definition) is 7. The first kappa shape index (κ1) is 25.2. The molecule has 1 aliphatic carbocycles. The summed E-state index contributed by atoms with van der Waals surface area (Å²) in [4.78, 5) is 40.7. The number of fused-ring (bicyclic) bond motifs is 2. The molecular formula is C32H30N6O3. The quantitative estimate of drug-likeness (QED) is 0.226. The maximum absolute atomic E-state index is 12.7. The van der Waals surface area contributed by atoms with Crippen molar-refractivity contribution in [2.45, 2.75) is 38.6 Å². The summed E-state index contributed by atoms with van der Waals surface area (Å²) in [5.41, 5.74) is 2.44. The van der Waals surface area contributed by atoms with Gasteiger partial charge in [0.25, 0.3) is 0 Å². The van der Waals surface area contributed by atoms with Crippen LogP contribution in [0.5, 0.6) is 5.75 Å². The zero-order chi connectivity index (χ0) is 27.9. The molecule has 9 nitrogen and oxygen atoms in total. The Morgan fingerprint density at radius 2 is 1.80 bits per heavy atom. The number of imidazole rings is 1. The first-order valence-electron chi connectivity index (χ1n) is 14.1. The molecule has 2 fully saturated rings. The van der Waals surface area contributed by atoms with E-state index in [1.807, 2.05) is 39.8 Å². The molecule has 2 aliphatic rings. The number of rotatable bonds is 6. The van der Waals surface area contributed by atoms with Crippen LogP contribution < -0.4 is 10.1 Å². The minimum Gasteiger partial charge on any atom is -0.427 e. The van der Waals surface area contributed by atoms with Gasteiger partial charge in [-0.3, -0.25) is 14.2 Å². The smallest absolute Gasteiger partial charge is 0.308 e. The van der Waals surface area contributed by atoms with Gasteiger partial charge >= 0.3 is 5.97 Å². The lowest BCUT2D eigenvalue weighted by molar-refractivity contribution is -0.133. The molecule has 3 heterocycles. The van der Waals surface area contributed by atoms with Gasteiger partial charge in [0, 0.05) is 49.8 Å². The molecule has 7 rings (SSSR count). The normalized spacial score (nSPS) is 17.1. The molecule has 1 atom stereocenters. The molecule has 1 N–H and O–H groups in total. The van der Waals surface area contributed by atoms with E-state index in [1.165, 1.54) is 6.92 Å². The minimum atomic E-state index is -0.389. The fourth-order valence-corrected chi connectivity index (χ4v) is 5.65. The van der Waals surface area contributed by atoms with E-state index in [2.05, 4.69) is 40.6 Å². The number of nitrogens with one attached hydrogen (secondary N) is 1. The Kier molecular flexibility index (Phi) is 6.34. The zero-order valence-corrected chi connectivity index (χ0v) is 22.8. The summed E-state index contributed by atoms with van der Waals surface area (Å²) in [5, 5.41) is 5.73. The zero-order valence-electron chi connectivity index (χ0n) is 22.8. The lowest BCUT2D eigenvalue weighted by Gasteiger charge is -2.33. The van der Waals surface area contributed by atoms with Gasteiger partial charge < -0.3 is 15.0 Å². The van der Waals surface area contributed by atoms with E-state index in [4.69, 9.17) is 14.7 Å². The molecule has 206 valence electrons. The topological polar surface area (TPSA) is 102 Å². The van der Waals surface area contributed by atoms with Crippen LogP contribution in [0.3, 0.4) is 0 Å². The molecule has 1 saturated carbocycles. The highest BCUT2D eigenvalue weighted by molar-refractivity contribution is 5.90. The highest BCUT2D eigenvalue weighted by Gasteiger charge is 2.35. The Balaban J connectivity index is 1.28. The second-order valence-corrected chi connectivity index (χ2v) is 10.9. The van der Waals surface area contributed by atoms with Crippen LogP contribution in [0.25, 0.3) is 39.0 Å². The van der Waals surface area contributed by atoms with Crippen molar-refractivity contribution in [3.63, 3.8) is 0 Å². The number of likely N-dealkylation sites (tertiary alicyclic amines) is 1. The number of nitrogens with zero attached hydrogens (tertiary/aromatic N) is 5. The fourth-order valence-electron chi connectivity index (χ4n) is 5.65. The number of hydrogen-bond donors (Lipinski definition) is 1. The first-order valence-corrected chi connectivity index (χ1v) is 14.1. The van der Waals surface area contributed by atoms with Gasteiger partial charge in [-0.25, -0.2) is 9.97 Å². The summed E-state index contributed by atoms with van der Waals surface area (Å²) in [7, 11) is 0. The van der Waals surface area contributed by atoms with Gasteiger partial charge in [-0.2, -0.15) is 4.98 Å². The van der Waals surface area contributed by atoms with E-state index in [-0.39, 0.29) is 23.8 Å². The third-order valence-corrected chi connectivity index (χ3v) is 7.76.